The van der Waals surface area contributed by atoms with Crippen LogP contribution in [-0.4, -0.2) is 100 Å². The van der Waals surface area contributed by atoms with E-state index in [0.29, 0.717) is 12.1 Å². The first kappa shape index (κ1) is 33.0. The highest BCUT2D eigenvalue weighted by molar-refractivity contribution is 5.96. The number of benzene rings is 1. The fourth-order valence-electron chi connectivity index (χ4n) is 3.98. The number of hydroxylamine groups is 2. The topological polar surface area (TPSA) is 170 Å². The molecule has 1 aromatic carbocycles. The monoisotopic (exact) mass is 601 g/mol. The fourth-order valence-corrected chi connectivity index (χ4v) is 3.98. The summed E-state index contributed by atoms with van der Waals surface area (Å²) in [5.41, 5.74) is -0.137. The van der Waals surface area contributed by atoms with Crippen LogP contribution in [0.1, 0.15) is 57.4 Å². The number of amides is 2. The molecule has 0 radical (unpaired) electrons. The van der Waals surface area contributed by atoms with E-state index in [9.17, 15) is 29.1 Å². The molecule has 1 saturated heterocycles. The van der Waals surface area contributed by atoms with Crippen molar-refractivity contribution in [3.05, 3.63) is 42.1 Å². The molecule has 1 aromatic heterocycles. The average molecular weight is 602 g/mol. The molecule has 0 spiro atoms. The van der Waals surface area contributed by atoms with Gasteiger partial charge in [-0.05, 0) is 25.0 Å². The van der Waals surface area contributed by atoms with Crippen LogP contribution in [0.5, 0.6) is 5.88 Å². The highest BCUT2D eigenvalue weighted by Gasteiger charge is 2.31. The molecule has 1 atom stereocenters. The van der Waals surface area contributed by atoms with Gasteiger partial charge < -0.3 is 29.6 Å². The van der Waals surface area contributed by atoms with Crippen LogP contribution in [0.4, 0.5) is 4.79 Å². The second kappa shape index (κ2) is 15.1. The lowest BCUT2D eigenvalue weighted by Gasteiger charge is -2.35. The zero-order chi connectivity index (χ0) is 31.6. The minimum Gasteiger partial charge on any atom is -0.481 e. The Bertz CT molecular complexity index is 1280. The van der Waals surface area contributed by atoms with E-state index in [2.05, 4.69) is 10.4 Å². The van der Waals surface area contributed by atoms with Crippen molar-refractivity contribution in [2.75, 3.05) is 39.4 Å². The number of aliphatic carboxylic acids is 1. The van der Waals surface area contributed by atoms with Crippen molar-refractivity contribution in [3.63, 3.8) is 0 Å². The predicted molar refractivity (Wildman–Crippen MR) is 153 cm³/mol. The summed E-state index contributed by atoms with van der Waals surface area (Å²) in [6, 6.07) is 9.08. The SMILES string of the molecule is CCCOC(=O)ON1CCN(C(=O)[C@H](CCC(=O)O)NC(=O)c2cc(OCC(=O)C(C)(C)C)n(-c3ccccc3)n2)CC1. The number of para-hydroxylation sites is 1. The van der Waals surface area contributed by atoms with Crippen LogP contribution < -0.4 is 10.1 Å². The molecule has 0 aliphatic carbocycles. The van der Waals surface area contributed by atoms with Crippen molar-refractivity contribution >= 4 is 29.7 Å². The smallest absolute Gasteiger partial charge is 0.481 e. The molecular weight excluding hydrogens is 562 g/mol. The van der Waals surface area contributed by atoms with Crippen LogP contribution in [-0.2, 0) is 24.0 Å². The average Bonchev–Trinajstić information content (AvgIpc) is 3.41. The minimum atomic E-state index is -1.15. The zero-order valence-electron chi connectivity index (χ0n) is 24.9. The second-order valence-electron chi connectivity index (χ2n) is 11.0. The zero-order valence-corrected chi connectivity index (χ0v) is 24.9. The number of ketones is 1. The number of Topliss-reactive ketones (excluding diaryl/α,β-unsaturated/α-hetero) is 1. The maximum atomic E-state index is 13.4. The van der Waals surface area contributed by atoms with E-state index in [-0.39, 0.29) is 69.6 Å². The highest BCUT2D eigenvalue weighted by Crippen LogP contribution is 2.22. The first-order valence-corrected chi connectivity index (χ1v) is 14.1. The van der Waals surface area contributed by atoms with Crippen molar-refractivity contribution < 1.29 is 43.4 Å². The highest BCUT2D eigenvalue weighted by atomic mass is 16.8. The summed E-state index contributed by atoms with van der Waals surface area (Å²) in [5.74, 6) is -2.31. The number of carboxylic acids is 1. The normalized spacial score (nSPS) is 14.5. The molecule has 0 bridgehead atoms. The van der Waals surface area contributed by atoms with Gasteiger partial charge in [0.1, 0.15) is 12.6 Å². The van der Waals surface area contributed by atoms with E-state index >= 15 is 0 Å². The first-order chi connectivity index (χ1) is 20.4. The van der Waals surface area contributed by atoms with Crippen LogP contribution in [0.25, 0.3) is 5.69 Å². The van der Waals surface area contributed by atoms with E-state index in [0.717, 1.165) is 0 Å². The molecule has 43 heavy (non-hydrogen) atoms. The van der Waals surface area contributed by atoms with E-state index < -0.39 is 35.4 Å². The number of nitrogens with zero attached hydrogens (tertiary/aromatic N) is 4. The van der Waals surface area contributed by atoms with E-state index in [1.165, 1.54) is 20.7 Å². The van der Waals surface area contributed by atoms with Crippen LogP contribution in [0.2, 0.25) is 0 Å². The number of rotatable bonds is 13. The van der Waals surface area contributed by atoms with Crippen molar-refractivity contribution in [1.82, 2.24) is 25.1 Å². The third-order valence-electron chi connectivity index (χ3n) is 6.53. The lowest BCUT2D eigenvalue weighted by Crippen LogP contribution is -2.55. The van der Waals surface area contributed by atoms with Crippen molar-refractivity contribution in [2.45, 2.75) is 53.0 Å². The van der Waals surface area contributed by atoms with Crippen LogP contribution in [0, 0.1) is 5.41 Å². The van der Waals surface area contributed by atoms with E-state index in [4.69, 9.17) is 14.3 Å². The van der Waals surface area contributed by atoms with Gasteiger partial charge in [-0.25, -0.2) is 9.48 Å². The van der Waals surface area contributed by atoms with Crippen molar-refractivity contribution in [3.8, 4) is 11.6 Å². The van der Waals surface area contributed by atoms with Gasteiger partial charge >= 0.3 is 12.1 Å². The third-order valence-corrected chi connectivity index (χ3v) is 6.53. The Hall–Kier alpha value is -4.46. The fraction of sp³-hybridized carbons (Fsp3) is 0.517. The Balaban J connectivity index is 1.73. The molecule has 3 rings (SSSR count). The Kier molecular flexibility index (Phi) is 11.6. The van der Waals surface area contributed by atoms with Crippen molar-refractivity contribution in [2.24, 2.45) is 5.41 Å². The molecule has 1 aliphatic rings. The minimum absolute atomic E-state index is 0.0843. The second-order valence-corrected chi connectivity index (χ2v) is 11.0. The van der Waals surface area contributed by atoms with Gasteiger partial charge in [-0.2, -0.15) is 5.10 Å². The van der Waals surface area contributed by atoms with Gasteiger partial charge in [0.15, 0.2) is 11.5 Å². The molecule has 14 nitrogen and oxygen atoms in total. The number of carboxylic acid groups (broad SMARTS) is 1. The largest absolute Gasteiger partial charge is 0.527 e. The number of carbonyl (C=O) groups excluding carboxylic acids is 4. The number of carbonyl (C=O) groups is 5. The van der Waals surface area contributed by atoms with E-state index in [1.54, 1.807) is 45.0 Å². The van der Waals surface area contributed by atoms with Crippen LogP contribution in [0.3, 0.4) is 0 Å². The van der Waals surface area contributed by atoms with E-state index in [1.807, 2.05) is 13.0 Å². The Morgan fingerprint density at radius 2 is 1.72 bits per heavy atom. The van der Waals surface area contributed by atoms with Gasteiger partial charge in [-0.15, -0.1) is 5.06 Å². The lowest BCUT2D eigenvalue weighted by atomic mass is 9.91. The lowest BCUT2D eigenvalue weighted by molar-refractivity contribution is -0.158. The number of hydrogen-bond acceptors (Lipinski definition) is 10. The van der Waals surface area contributed by atoms with Gasteiger partial charge in [0.05, 0.1) is 25.4 Å². The first-order valence-electron chi connectivity index (χ1n) is 14.1. The standard InChI is InChI=1S/C29H39N5O9/c1-5-17-41-28(40)43-33-15-13-32(14-16-33)27(39)21(11-12-25(36)37)30-26(38)22-18-24(42-19-23(35)29(2,3)4)34(31-22)20-9-7-6-8-10-20/h6-10,18,21H,5,11-17,19H2,1-4H3,(H,30,38)(H,36,37)/t21-/m0/s1. The number of nitrogens with one attached hydrogen (secondary N) is 1. The molecular formula is C29H39N5O9. The quantitative estimate of drug-likeness (QED) is 0.323. The molecule has 234 valence electrons. The molecule has 1 aliphatic heterocycles. The summed E-state index contributed by atoms with van der Waals surface area (Å²) in [5, 5.41) is 17.6. The Morgan fingerprint density at radius 3 is 2.33 bits per heavy atom. The Labute approximate surface area is 249 Å². The molecule has 2 heterocycles. The summed E-state index contributed by atoms with van der Waals surface area (Å²) in [7, 11) is 0. The maximum Gasteiger partial charge on any atom is 0.527 e. The summed E-state index contributed by atoms with van der Waals surface area (Å²) in [6.45, 7) is 7.95. The molecule has 1 fully saturated rings. The molecule has 2 N–H and O–H groups in total. The molecule has 2 amide bonds. The van der Waals surface area contributed by atoms with Crippen molar-refractivity contribution in [1.29, 1.82) is 0 Å². The third kappa shape index (κ3) is 9.81. The van der Waals surface area contributed by atoms with Crippen LogP contribution >= 0.6 is 0 Å². The summed E-state index contributed by atoms with van der Waals surface area (Å²) in [6.07, 6.45) is -0.680. The molecule has 2 aromatic rings. The summed E-state index contributed by atoms with van der Waals surface area (Å²) < 4.78 is 12.1. The number of hydrogen-bond donors (Lipinski definition) is 2. The summed E-state index contributed by atoms with van der Waals surface area (Å²) >= 11 is 0. The predicted octanol–water partition coefficient (Wildman–Crippen LogP) is 2.45. The van der Waals surface area contributed by atoms with Crippen LogP contribution in [0.15, 0.2) is 36.4 Å². The molecule has 14 heteroatoms. The Morgan fingerprint density at radius 1 is 1.05 bits per heavy atom. The number of aromatic nitrogens is 2. The van der Waals surface area contributed by atoms with Gasteiger partial charge in [0, 0.05) is 31.0 Å². The summed E-state index contributed by atoms with van der Waals surface area (Å²) in [4.78, 5) is 68.9. The molecule has 0 saturated carbocycles. The van der Waals surface area contributed by atoms with Gasteiger partial charge in [-0.1, -0.05) is 45.9 Å². The van der Waals surface area contributed by atoms with Gasteiger partial charge in [0.25, 0.3) is 5.91 Å². The van der Waals surface area contributed by atoms with Gasteiger partial charge in [0.2, 0.25) is 11.8 Å². The maximum absolute atomic E-state index is 13.4. The number of ether oxygens (including phenoxy) is 2. The van der Waals surface area contributed by atoms with Gasteiger partial charge in [-0.3, -0.25) is 19.2 Å². The number of piperazine rings is 1. The molecule has 0 unspecified atom stereocenters.